The van der Waals surface area contributed by atoms with Crippen LogP contribution in [0.2, 0.25) is 0 Å². The minimum atomic E-state index is -1.95. The lowest BCUT2D eigenvalue weighted by molar-refractivity contribution is -0.159. The zero-order chi connectivity index (χ0) is 13.9. The van der Waals surface area contributed by atoms with Crippen molar-refractivity contribution in [2.24, 2.45) is 0 Å². The summed E-state index contributed by atoms with van der Waals surface area (Å²) in [6, 6.07) is 0. The maximum absolute atomic E-state index is 9.64. The Morgan fingerprint density at radius 3 is 0.750 bits per heavy atom. The maximum atomic E-state index is 9.64. The van der Waals surface area contributed by atoms with Gasteiger partial charge in [-0.25, -0.2) is 9.59 Å². The van der Waals surface area contributed by atoms with E-state index in [1.54, 1.807) is 0 Å². The highest BCUT2D eigenvalue weighted by atomic mass is 16.4. The van der Waals surface area contributed by atoms with E-state index in [4.69, 9.17) is 10.2 Å². The van der Waals surface area contributed by atoms with Crippen molar-refractivity contribution in [1.82, 2.24) is 0 Å². The molecule has 0 unspecified atom stereocenters. The molecule has 0 spiro atoms. The zero-order valence-corrected chi connectivity index (χ0v) is 9.44. The van der Waals surface area contributed by atoms with E-state index in [1.165, 1.54) is 27.7 Å². The summed E-state index contributed by atoms with van der Waals surface area (Å²) >= 11 is 0. The number of carboxylic acids is 2. The van der Waals surface area contributed by atoms with Gasteiger partial charge in [-0.05, 0) is 27.7 Å². The first-order valence-corrected chi connectivity index (χ1v) is 3.97. The Labute approximate surface area is 92.1 Å². The number of Topliss-reactive ketones (excluding diaryl/α,β-unsaturated/α-hetero) is 3. The Hall–Kier alpha value is -2.05. The summed E-state index contributed by atoms with van der Waals surface area (Å²) in [7, 11) is 0. The van der Waals surface area contributed by atoms with Gasteiger partial charge in [0.1, 0.15) is 11.6 Å². The van der Waals surface area contributed by atoms with E-state index in [0.29, 0.717) is 0 Å². The van der Waals surface area contributed by atoms with Crippen LogP contribution in [-0.2, 0) is 24.0 Å². The van der Waals surface area contributed by atoms with Crippen LogP contribution in [0.25, 0.3) is 0 Å². The van der Waals surface area contributed by atoms with Crippen LogP contribution in [0.1, 0.15) is 27.7 Å². The molecular weight excluding hydrogens is 220 g/mol. The highest BCUT2D eigenvalue weighted by Crippen LogP contribution is 1.69. The van der Waals surface area contributed by atoms with E-state index < -0.39 is 17.7 Å². The molecule has 0 saturated carbocycles. The average Bonchev–Trinajstić information content (AvgIpc) is 2.00. The lowest BCUT2D eigenvalue weighted by atomic mass is 10.4. The van der Waals surface area contributed by atoms with E-state index in [1.807, 2.05) is 0 Å². The zero-order valence-electron chi connectivity index (χ0n) is 9.44. The molecule has 0 aromatic carbocycles. The predicted molar refractivity (Wildman–Crippen MR) is 53.0 cm³/mol. The van der Waals surface area contributed by atoms with Crippen molar-refractivity contribution < 1.29 is 34.2 Å². The van der Waals surface area contributed by atoms with E-state index in [0.717, 1.165) is 0 Å². The molecule has 0 aliphatic carbocycles. The molecule has 16 heavy (non-hydrogen) atoms. The van der Waals surface area contributed by atoms with Crippen LogP contribution in [0.4, 0.5) is 0 Å². The van der Waals surface area contributed by atoms with Gasteiger partial charge < -0.3 is 19.8 Å². The first-order valence-electron chi connectivity index (χ1n) is 3.97. The van der Waals surface area contributed by atoms with E-state index >= 15 is 0 Å². The van der Waals surface area contributed by atoms with Gasteiger partial charge >= 0.3 is 17.7 Å². The van der Waals surface area contributed by atoms with Gasteiger partial charge in [-0.1, -0.05) is 0 Å². The minimum absolute atomic E-state index is 0.167. The fourth-order valence-electron chi connectivity index (χ4n) is 0.0915. The van der Waals surface area contributed by atoms with Crippen LogP contribution in [0.5, 0.6) is 0 Å². The molecule has 92 valence electrons. The van der Waals surface area contributed by atoms with Gasteiger partial charge in [0.15, 0.2) is 0 Å². The van der Waals surface area contributed by atoms with E-state index in [-0.39, 0.29) is 11.6 Å². The number of hydrogen-bond donors (Lipinski definition) is 2. The molecule has 2 N–H and O–H groups in total. The van der Waals surface area contributed by atoms with E-state index in [9.17, 15) is 24.0 Å². The number of ketones is 3. The molecule has 0 heterocycles. The third-order valence-electron chi connectivity index (χ3n) is 0.388. The second kappa shape index (κ2) is 11.0. The Balaban J connectivity index is -0.000000179. The van der Waals surface area contributed by atoms with Gasteiger partial charge in [0, 0.05) is 0 Å². The van der Waals surface area contributed by atoms with Gasteiger partial charge in [0.05, 0.1) is 0 Å². The lowest BCUT2D eigenvalue weighted by Crippen LogP contribution is -2.22. The summed E-state index contributed by atoms with van der Waals surface area (Å²) in [5, 5.41) is 15.2. The summed E-state index contributed by atoms with van der Waals surface area (Å²) in [5.74, 6) is -5.37. The third kappa shape index (κ3) is 40.5. The molecule has 0 fully saturated rings. The van der Waals surface area contributed by atoms with Crippen LogP contribution in [0.15, 0.2) is 0 Å². The molecule has 0 atom stereocenters. The first kappa shape index (κ1) is 19.5. The average molecular weight is 234 g/mol. The molecule has 0 amide bonds. The van der Waals surface area contributed by atoms with Gasteiger partial charge in [-0.3, -0.25) is 4.79 Å². The Bertz CT molecular complexity index is 254. The molecule has 0 aromatic rings. The normalized spacial score (nSPS) is 7.25. The molecule has 0 rings (SSSR count). The quantitative estimate of drug-likeness (QED) is 0.505. The number of hydrogen-bond acceptors (Lipinski definition) is 5. The number of carbonyl (C=O) groups excluding carboxylic acids is 3. The summed E-state index contributed by atoms with van der Waals surface area (Å²) in [6.45, 7) is 6.11. The van der Waals surface area contributed by atoms with E-state index in [2.05, 4.69) is 0 Å². The van der Waals surface area contributed by atoms with Gasteiger partial charge in [0.25, 0.3) is 0 Å². The summed E-state index contributed by atoms with van der Waals surface area (Å²) in [4.78, 5) is 47.4. The van der Waals surface area contributed by atoms with Crippen LogP contribution in [0.3, 0.4) is 0 Å². The van der Waals surface area contributed by atoms with Crippen LogP contribution in [0, 0.1) is 0 Å². The molecule has 7 nitrogen and oxygen atoms in total. The monoisotopic (exact) mass is 234 g/mol. The molecule has 0 aromatic heterocycles. The van der Waals surface area contributed by atoms with Crippen molar-refractivity contribution in [3.8, 4) is 0 Å². The van der Waals surface area contributed by atoms with Crippen molar-refractivity contribution in [3.63, 3.8) is 0 Å². The Morgan fingerprint density at radius 2 is 0.750 bits per heavy atom. The Kier molecular flexibility index (Phi) is 13.4. The topological polar surface area (TPSA) is 126 Å². The molecule has 0 radical (unpaired) electrons. The van der Waals surface area contributed by atoms with Gasteiger partial charge in [-0.15, -0.1) is 0 Å². The van der Waals surface area contributed by atoms with Crippen LogP contribution >= 0.6 is 0 Å². The maximum Gasteiger partial charge on any atom is 0.384 e. The highest BCUT2D eigenvalue weighted by molar-refractivity contribution is 6.59. The predicted octanol–water partition coefficient (Wildman–Crippen LogP) is -0.0847. The number of carboxylic acid groups (broad SMARTS) is 2. The molecule has 0 aliphatic heterocycles. The smallest absolute Gasteiger partial charge is 0.384 e. The fourth-order valence-corrected chi connectivity index (χ4v) is 0.0915. The van der Waals surface area contributed by atoms with Crippen LogP contribution in [-0.4, -0.2) is 39.5 Å². The molecular formula is C9H14O7. The second-order valence-electron chi connectivity index (χ2n) is 2.76. The van der Waals surface area contributed by atoms with Crippen molar-refractivity contribution in [2.45, 2.75) is 27.7 Å². The summed E-state index contributed by atoms with van der Waals surface area (Å²) < 4.78 is 0. The second-order valence-corrected chi connectivity index (χ2v) is 2.76. The van der Waals surface area contributed by atoms with Crippen molar-refractivity contribution in [2.75, 3.05) is 0 Å². The number of rotatable bonds is 2. The largest absolute Gasteiger partial charge is 0.475 e. The fraction of sp³-hybridized carbons (Fsp3) is 0.444. The van der Waals surface area contributed by atoms with Crippen molar-refractivity contribution >= 4 is 29.3 Å². The molecule has 0 saturated heterocycles. The van der Waals surface area contributed by atoms with Crippen LogP contribution < -0.4 is 0 Å². The van der Waals surface area contributed by atoms with Gasteiger partial charge in [0.2, 0.25) is 0 Å². The first-order chi connectivity index (χ1) is 7.02. The number of aliphatic carboxylic acids is 2. The third-order valence-corrected chi connectivity index (χ3v) is 0.388. The van der Waals surface area contributed by atoms with Crippen molar-refractivity contribution in [1.29, 1.82) is 0 Å². The van der Waals surface area contributed by atoms with Crippen molar-refractivity contribution in [3.05, 3.63) is 0 Å². The summed E-state index contributed by atoms with van der Waals surface area (Å²) in [5.41, 5.74) is 0. The van der Waals surface area contributed by atoms with Gasteiger partial charge in [-0.2, -0.15) is 0 Å². The Morgan fingerprint density at radius 1 is 0.625 bits per heavy atom. The molecule has 0 aliphatic rings. The standard InChI is InChI=1S/C3H2O5.2C3H6O/c4-1(2(5)6)3(7)8;2*1-3(2)4/h(H,5,6)(H,7,8);2*1-2H3. The summed E-state index contributed by atoms with van der Waals surface area (Å²) in [6.07, 6.45) is 0. The number of carbonyl (C=O) groups is 5. The molecule has 0 bridgehead atoms. The minimum Gasteiger partial charge on any atom is -0.475 e. The SMILES string of the molecule is CC(C)=O.CC(C)=O.O=C(O)C(=O)C(=O)O. The lowest BCUT2D eigenvalue weighted by Gasteiger charge is -1.80. The molecule has 7 heteroatoms. The highest BCUT2D eigenvalue weighted by Gasteiger charge is 2.19.